The molecular formula is C12H14BN2O3S. The highest BCUT2D eigenvalue weighted by Gasteiger charge is 2.15. The zero-order valence-corrected chi connectivity index (χ0v) is 11.4. The molecule has 0 fully saturated rings. The molecule has 0 amide bonds. The molecule has 0 unspecified atom stereocenters. The van der Waals surface area contributed by atoms with Crippen LogP contribution in [0.3, 0.4) is 0 Å². The molecule has 0 spiro atoms. The summed E-state index contributed by atoms with van der Waals surface area (Å²) in [5.41, 5.74) is 0. The van der Waals surface area contributed by atoms with Gasteiger partial charge in [-0.2, -0.15) is 8.42 Å². The number of sulfonamides is 1. The normalized spacial score (nSPS) is 16.4. The van der Waals surface area contributed by atoms with E-state index in [1.165, 1.54) is 12.1 Å². The molecular weight excluding hydrogens is 263 g/mol. The van der Waals surface area contributed by atoms with Crippen LogP contribution in [0, 0.1) is 0 Å². The molecule has 1 N–H and O–H groups in total. The Balaban J connectivity index is 2.14. The summed E-state index contributed by atoms with van der Waals surface area (Å²) in [5.74, 6) is 1.04. The molecule has 1 aromatic rings. The number of amidine groups is 1. The Hall–Kier alpha value is -1.76. The van der Waals surface area contributed by atoms with Gasteiger partial charge in [-0.15, -0.1) is 4.40 Å². The fraction of sp³-hybridized carbons (Fsp3) is 0.250. The van der Waals surface area contributed by atoms with E-state index in [4.69, 9.17) is 4.65 Å². The molecule has 19 heavy (non-hydrogen) atoms. The molecule has 0 bridgehead atoms. The first-order chi connectivity index (χ1) is 9.12. The van der Waals surface area contributed by atoms with Crippen molar-refractivity contribution in [1.82, 2.24) is 5.32 Å². The molecule has 0 aliphatic carbocycles. The SMILES string of the molecule is CC[B]Oc1ccc(S(=O)(=O)N=C2CC=CN2)cc1. The van der Waals surface area contributed by atoms with E-state index in [9.17, 15) is 8.42 Å². The zero-order chi connectivity index (χ0) is 13.7. The minimum atomic E-state index is -3.66. The van der Waals surface area contributed by atoms with Crippen molar-refractivity contribution < 1.29 is 13.1 Å². The molecule has 0 saturated carbocycles. The highest BCUT2D eigenvalue weighted by Crippen LogP contribution is 2.18. The van der Waals surface area contributed by atoms with Crippen molar-refractivity contribution in [3.63, 3.8) is 0 Å². The largest absolute Gasteiger partial charge is 0.563 e. The summed E-state index contributed by atoms with van der Waals surface area (Å²) in [6.45, 7) is 1.96. The van der Waals surface area contributed by atoms with Crippen LogP contribution in [0.1, 0.15) is 13.3 Å². The molecule has 1 heterocycles. The van der Waals surface area contributed by atoms with Crippen LogP contribution in [-0.4, -0.2) is 21.7 Å². The van der Waals surface area contributed by atoms with Gasteiger partial charge in [-0.1, -0.05) is 13.0 Å². The molecule has 2 rings (SSSR count). The van der Waals surface area contributed by atoms with Crippen molar-refractivity contribution in [3.8, 4) is 5.75 Å². The van der Waals surface area contributed by atoms with Crippen LogP contribution in [0.25, 0.3) is 0 Å². The van der Waals surface area contributed by atoms with Crippen LogP contribution in [0.15, 0.2) is 45.8 Å². The molecule has 0 aromatic heterocycles. The quantitative estimate of drug-likeness (QED) is 0.832. The number of nitrogens with zero attached hydrogens (tertiary/aromatic N) is 1. The molecule has 0 saturated heterocycles. The molecule has 1 aromatic carbocycles. The van der Waals surface area contributed by atoms with Gasteiger partial charge < -0.3 is 9.97 Å². The van der Waals surface area contributed by atoms with Crippen LogP contribution in [0.4, 0.5) is 0 Å². The summed E-state index contributed by atoms with van der Waals surface area (Å²) >= 11 is 0. The third-order valence-corrected chi connectivity index (χ3v) is 3.75. The Morgan fingerprint density at radius 1 is 1.37 bits per heavy atom. The lowest BCUT2D eigenvalue weighted by Gasteiger charge is -2.05. The van der Waals surface area contributed by atoms with Gasteiger partial charge in [0.2, 0.25) is 0 Å². The summed E-state index contributed by atoms with van der Waals surface area (Å²) in [7, 11) is -2.01. The van der Waals surface area contributed by atoms with E-state index >= 15 is 0 Å². The Labute approximate surface area is 113 Å². The van der Waals surface area contributed by atoms with Crippen LogP contribution in [0.5, 0.6) is 5.75 Å². The molecule has 1 aliphatic heterocycles. The Bertz CT molecular complexity index is 584. The number of rotatable bonds is 5. The smallest absolute Gasteiger partial charge is 0.369 e. The lowest BCUT2D eigenvalue weighted by atomic mass is 9.97. The maximum atomic E-state index is 12.0. The number of hydrogen-bond acceptors (Lipinski definition) is 3. The van der Waals surface area contributed by atoms with Crippen LogP contribution < -0.4 is 9.97 Å². The van der Waals surface area contributed by atoms with Crippen molar-refractivity contribution in [2.45, 2.75) is 24.6 Å². The summed E-state index contributed by atoms with van der Waals surface area (Å²) < 4.78 is 33.0. The van der Waals surface area contributed by atoms with Gasteiger partial charge in [0.15, 0.2) is 0 Å². The van der Waals surface area contributed by atoms with E-state index in [1.807, 2.05) is 13.0 Å². The van der Waals surface area contributed by atoms with Gasteiger partial charge in [0.1, 0.15) is 5.84 Å². The van der Waals surface area contributed by atoms with Gasteiger partial charge in [0.05, 0.1) is 10.6 Å². The van der Waals surface area contributed by atoms with Crippen LogP contribution in [-0.2, 0) is 10.0 Å². The summed E-state index contributed by atoms with van der Waals surface area (Å²) in [4.78, 5) is 0.151. The molecule has 7 heteroatoms. The second-order valence-corrected chi connectivity index (χ2v) is 5.53. The predicted molar refractivity (Wildman–Crippen MR) is 74.8 cm³/mol. The Morgan fingerprint density at radius 2 is 2.11 bits per heavy atom. The van der Waals surface area contributed by atoms with E-state index in [-0.39, 0.29) is 4.90 Å². The molecule has 1 radical (unpaired) electrons. The molecule has 0 atom stereocenters. The number of benzene rings is 1. The van der Waals surface area contributed by atoms with E-state index in [0.29, 0.717) is 18.0 Å². The van der Waals surface area contributed by atoms with E-state index in [2.05, 4.69) is 9.71 Å². The second-order valence-electron chi connectivity index (χ2n) is 3.93. The third kappa shape index (κ3) is 3.60. The van der Waals surface area contributed by atoms with E-state index in [0.717, 1.165) is 6.32 Å². The van der Waals surface area contributed by atoms with Gasteiger partial charge in [-0.25, -0.2) is 0 Å². The fourth-order valence-electron chi connectivity index (χ4n) is 1.52. The zero-order valence-electron chi connectivity index (χ0n) is 10.5. The van der Waals surface area contributed by atoms with Crippen LogP contribution >= 0.6 is 0 Å². The summed E-state index contributed by atoms with van der Waals surface area (Å²) in [6, 6.07) is 6.19. The highest BCUT2D eigenvalue weighted by atomic mass is 32.2. The van der Waals surface area contributed by atoms with Crippen molar-refractivity contribution in [3.05, 3.63) is 36.5 Å². The molecule has 99 valence electrons. The standard InChI is InChI=1S/C12H14BN2O3S/c1-2-13-18-10-5-7-11(8-6-10)19(16,17)15-12-4-3-9-14-12/h3,5-9H,2,4H2,1H3,(H,14,15). The predicted octanol–water partition coefficient (Wildman–Crippen LogP) is 1.72. The van der Waals surface area contributed by atoms with Crippen molar-refractivity contribution in [2.75, 3.05) is 0 Å². The topological polar surface area (TPSA) is 67.8 Å². The summed E-state index contributed by atoms with van der Waals surface area (Å²) in [6.07, 6.45) is 4.77. The van der Waals surface area contributed by atoms with Gasteiger partial charge in [-0.05, 0) is 36.8 Å². The first-order valence-corrected chi connectivity index (χ1v) is 7.39. The van der Waals surface area contributed by atoms with Crippen molar-refractivity contribution in [1.29, 1.82) is 0 Å². The molecule has 5 nitrogen and oxygen atoms in total. The fourth-order valence-corrected chi connectivity index (χ4v) is 2.52. The van der Waals surface area contributed by atoms with Gasteiger partial charge in [-0.3, -0.25) is 0 Å². The monoisotopic (exact) mass is 277 g/mol. The third-order valence-electron chi connectivity index (χ3n) is 2.42. The van der Waals surface area contributed by atoms with Crippen LogP contribution in [0.2, 0.25) is 6.32 Å². The first-order valence-electron chi connectivity index (χ1n) is 5.95. The number of hydrogen-bond donors (Lipinski definition) is 1. The average Bonchev–Trinajstić information content (AvgIpc) is 2.89. The van der Waals surface area contributed by atoms with Crippen molar-refractivity contribution in [2.24, 2.45) is 4.40 Å². The van der Waals surface area contributed by atoms with Gasteiger partial charge in [0.25, 0.3) is 10.0 Å². The average molecular weight is 277 g/mol. The first kappa shape index (κ1) is 13.7. The summed E-state index contributed by atoms with van der Waals surface area (Å²) in [5, 5.41) is 2.78. The van der Waals surface area contributed by atoms with Gasteiger partial charge in [0, 0.05) is 6.42 Å². The Morgan fingerprint density at radius 3 is 2.68 bits per heavy atom. The van der Waals surface area contributed by atoms with Gasteiger partial charge >= 0.3 is 7.48 Å². The van der Waals surface area contributed by atoms with E-state index < -0.39 is 10.0 Å². The second kappa shape index (κ2) is 5.92. The van der Waals surface area contributed by atoms with E-state index in [1.54, 1.807) is 25.8 Å². The van der Waals surface area contributed by atoms with Crippen molar-refractivity contribution >= 4 is 23.3 Å². The Kier molecular flexibility index (Phi) is 4.26. The minimum absolute atomic E-state index is 0.151. The maximum absolute atomic E-state index is 12.0. The highest BCUT2D eigenvalue weighted by molar-refractivity contribution is 7.90. The lowest BCUT2D eigenvalue weighted by molar-refractivity contribution is 0.590. The lowest BCUT2D eigenvalue weighted by Crippen LogP contribution is -2.13. The molecule has 1 aliphatic rings. The minimum Gasteiger partial charge on any atom is -0.563 e. The maximum Gasteiger partial charge on any atom is 0.369 e. The number of nitrogens with one attached hydrogen (secondary N) is 1.